The Balaban J connectivity index is 2.38. The third-order valence-corrected chi connectivity index (χ3v) is 2.67. The summed E-state index contributed by atoms with van der Waals surface area (Å²) in [6.45, 7) is 3.60. The van der Waals surface area contributed by atoms with Crippen LogP contribution in [-0.4, -0.2) is 40.8 Å². The number of carbonyl (C=O) groups excluding carboxylic acids is 1. The van der Waals surface area contributed by atoms with Crippen molar-refractivity contribution in [3.8, 4) is 5.75 Å². The molecule has 1 aromatic carbocycles. The summed E-state index contributed by atoms with van der Waals surface area (Å²) in [4.78, 5) is 22.1. The third-order valence-electron chi connectivity index (χ3n) is 2.67. The molecule has 0 saturated heterocycles. The minimum absolute atomic E-state index is 0.0434. The number of aliphatic hydroxyl groups is 1. The second-order valence-electron chi connectivity index (χ2n) is 4.51. The van der Waals surface area contributed by atoms with Crippen LogP contribution in [-0.2, 0) is 9.59 Å². The molecule has 0 bridgehead atoms. The van der Waals surface area contributed by atoms with E-state index < -0.39 is 18.2 Å². The summed E-state index contributed by atoms with van der Waals surface area (Å²) < 4.78 is 5.47. The minimum atomic E-state index is -1.47. The van der Waals surface area contributed by atoms with Gasteiger partial charge in [-0.05, 0) is 31.5 Å². The number of carboxylic acids is 1. The van der Waals surface area contributed by atoms with Crippen LogP contribution in [0.4, 0.5) is 0 Å². The summed E-state index contributed by atoms with van der Waals surface area (Å²) in [5, 5.41) is 20.1. The molecule has 110 valence electrons. The van der Waals surface area contributed by atoms with E-state index in [-0.39, 0.29) is 18.9 Å². The lowest BCUT2D eigenvalue weighted by Crippen LogP contribution is -2.38. The van der Waals surface area contributed by atoms with Gasteiger partial charge in [0, 0.05) is 13.0 Å². The Morgan fingerprint density at radius 2 is 2.10 bits per heavy atom. The number of aliphatic carboxylic acids is 1. The lowest BCUT2D eigenvalue weighted by atomic mass is 10.2. The zero-order chi connectivity index (χ0) is 15.1. The fraction of sp³-hybridized carbons (Fsp3) is 0.429. The van der Waals surface area contributed by atoms with Crippen LogP contribution in [0.25, 0.3) is 0 Å². The van der Waals surface area contributed by atoms with Crippen LogP contribution in [0.3, 0.4) is 0 Å². The summed E-state index contributed by atoms with van der Waals surface area (Å²) in [5.74, 6) is -1.06. The lowest BCUT2D eigenvalue weighted by Gasteiger charge is -2.15. The van der Waals surface area contributed by atoms with Crippen molar-refractivity contribution in [1.82, 2.24) is 5.32 Å². The van der Waals surface area contributed by atoms with E-state index in [1.807, 2.05) is 25.1 Å². The molecule has 0 radical (unpaired) electrons. The molecule has 0 saturated carbocycles. The Labute approximate surface area is 117 Å². The highest BCUT2D eigenvalue weighted by atomic mass is 16.5. The summed E-state index contributed by atoms with van der Waals surface area (Å²) in [6.07, 6.45) is -2.21. The van der Waals surface area contributed by atoms with Gasteiger partial charge in [-0.3, -0.25) is 4.79 Å². The van der Waals surface area contributed by atoms with Crippen molar-refractivity contribution in [2.24, 2.45) is 0 Å². The number of rotatable bonds is 7. The van der Waals surface area contributed by atoms with Crippen LogP contribution in [0, 0.1) is 6.92 Å². The van der Waals surface area contributed by atoms with Crippen LogP contribution in [0.1, 0.15) is 18.9 Å². The highest BCUT2D eigenvalue weighted by Gasteiger charge is 2.16. The van der Waals surface area contributed by atoms with Gasteiger partial charge in [0.1, 0.15) is 5.75 Å². The van der Waals surface area contributed by atoms with E-state index in [4.69, 9.17) is 14.9 Å². The molecule has 0 heterocycles. The van der Waals surface area contributed by atoms with Crippen LogP contribution in [0.5, 0.6) is 5.75 Å². The summed E-state index contributed by atoms with van der Waals surface area (Å²) >= 11 is 0. The first-order valence-corrected chi connectivity index (χ1v) is 6.32. The molecule has 0 spiro atoms. The van der Waals surface area contributed by atoms with Crippen molar-refractivity contribution in [1.29, 1.82) is 0 Å². The topological polar surface area (TPSA) is 95.9 Å². The van der Waals surface area contributed by atoms with Crippen LogP contribution < -0.4 is 10.1 Å². The monoisotopic (exact) mass is 281 g/mol. The molecule has 0 aliphatic carbocycles. The number of carboxylic acid groups (broad SMARTS) is 1. The van der Waals surface area contributed by atoms with Gasteiger partial charge in [0.2, 0.25) is 0 Å². The molecule has 0 aromatic heterocycles. The molecule has 20 heavy (non-hydrogen) atoms. The number of benzene rings is 1. The van der Waals surface area contributed by atoms with E-state index in [0.29, 0.717) is 5.75 Å². The largest absolute Gasteiger partial charge is 0.481 e. The molecule has 0 aliphatic heterocycles. The molecule has 2 unspecified atom stereocenters. The van der Waals surface area contributed by atoms with Gasteiger partial charge in [-0.2, -0.15) is 0 Å². The van der Waals surface area contributed by atoms with Gasteiger partial charge in [0.25, 0.3) is 5.91 Å². The van der Waals surface area contributed by atoms with Gasteiger partial charge in [-0.25, -0.2) is 4.79 Å². The van der Waals surface area contributed by atoms with Crippen molar-refractivity contribution in [2.75, 3.05) is 6.54 Å². The maximum absolute atomic E-state index is 11.7. The standard InChI is InChI=1S/C14H19NO5/c1-9-4-3-5-11(8-9)20-10(2)13(17)15-7-6-12(16)14(18)19/h3-5,8,10,12,16H,6-7H2,1-2H3,(H,15,17)(H,18,19). The van der Waals surface area contributed by atoms with Crippen molar-refractivity contribution >= 4 is 11.9 Å². The SMILES string of the molecule is Cc1cccc(OC(C)C(=O)NCCC(O)C(=O)O)c1. The van der Waals surface area contributed by atoms with Crippen molar-refractivity contribution in [3.63, 3.8) is 0 Å². The first-order valence-electron chi connectivity index (χ1n) is 6.32. The van der Waals surface area contributed by atoms with Gasteiger partial charge in [-0.1, -0.05) is 12.1 Å². The average Bonchev–Trinajstić information content (AvgIpc) is 2.38. The van der Waals surface area contributed by atoms with E-state index in [1.54, 1.807) is 13.0 Å². The zero-order valence-electron chi connectivity index (χ0n) is 11.5. The molecule has 1 aromatic rings. The Kier molecular flexibility index (Phi) is 5.99. The average molecular weight is 281 g/mol. The predicted molar refractivity (Wildman–Crippen MR) is 72.5 cm³/mol. The van der Waals surface area contributed by atoms with Gasteiger partial charge in [-0.15, -0.1) is 0 Å². The predicted octanol–water partition coefficient (Wildman–Crippen LogP) is 0.714. The number of amides is 1. The molecule has 1 rings (SSSR count). The molecular weight excluding hydrogens is 262 g/mol. The number of aliphatic hydroxyl groups excluding tert-OH is 1. The number of ether oxygens (including phenoxy) is 1. The lowest BCUT2D eigenvalue weighted by molar-refractivity contribution is -0.147. The maximum Gasteiger partial charge on any atom is 0.332 e. The molecule has 1 amide bonds. The molecular formula is C14H19NO5. The van der Waals surface area contributed by atoms with E-state index in [1.165, 1.54) is 0 Å². The van der Waals surface area contributed by atoms with Crippen molar-refractivity contribution < 1.29 is 24.5 Å². The smallest absolute Gasteiger partial charge is 0.332 e. The molecule has 3 N–H and O–H groups in total. The third kappa shape index (κ3) is 5.27. The Morgan fingerprint density at radius 1 is 1.40 bits per heavy atom. The fourth-order valence-electron chi connectivity index (χ4n) is 1.55. The van der Waals surface area contributed by atoms with E-state index in [0.717, 1.165) is 5.56 Å². The quantitative estimate of drug-likeness (QED) is 0.684. The van der Waals surface area contributed by atoms with Crippen LogP contribution in [0.15, 0.2) is 24.3 Å². The minimum Gasteiger partial charge on any atom is -0.481 e. The van der Waals surface area contributed by atoms with Gasteiger partial charge < -0.3 is 20.3 Å². The number of hydrogen-bond donors (Lipinski definition) is 3. The molecule has 6 nitrogen and oxygen atoms in total. The van der Waals surface area contributed by atoms with Crippen molar-refractivity contribution in [2.45, 2.75) is 32.5 Å². The first-order chi connectivity index (χ1) is 9.40. The zero-order valence-corrected chi connectivity index (χ0v) is 11.5. The molecule has 2 atom stereocenters. The second-order valence-corrected chi connectivity index (χ2v) is 4.51. The number of aryl methyl sites for hydroxylation is 1. The first kappa shape index (κ1) is 16.0. The van der Waals surface area contributed by atoms with E-state index in [2.05, 4.69) is 5.32 Å². The molecule has 0 aliphatic rings. The van der Waals surface area contributed by atoms with E-state index in [9.17, 15) is 9.59 Å². The van der Waals surface area contributed by atoms with Crippen molar-refractivity contribution in [3.05, 3.63) is 29.8 Å². The number of hydrogen-bond acceptors (Lipinski definition) is 4. The van der Waals surface area contributed by atoms with Gasteiger partial charge in [0.15, 0.2) is 12.2 Å². The number of nitrogens with one attached hydrogen (secondary N) is 1. The highest BCUT2D eigenvalue weighted by Crippen LogP contribution is 2.14. The summed E-state index contributed by atoms with van der Waals surface area (Å²) in [6, 6.07) is 7.33. The summed E-state index contributed by atoms with van der Waals surface area (Å²) in [5.41, 5.74) is 1.03. The summed E-state index contributed by atoms with van der Waals surface area (Å²) in [7, 11) is 0. The Bertz CT molecular complexity index is 474. The molecule has 6 heteroatoms. The Hall–Kier alpha value is -2.08. The van der Waals surface area contributed by atoms with Crippen LogP contribution >= 0.6 is 0 Å². The Morgan fingerprint density at radius 3 is 2.70 bits per heavy atom. The molecule has 0 fully saturated rings. The van der Waals surface area contributed by atoms with Gasteiger partial charge in [0.05, 0.1) is 0 Å². The normalized spacial score (nSPS) is 13.3. The highest BCUT2D eigenvalue weighted by molar-refractivity contribution is 5.80. The number of carbonyl (C=O) groups is 2. The maximum atomic E-state index is 11.7. The second kappa shape index (κ2) is 7.49. The van der Waals surface area contributed by atoms with Gasteiger partial charge >= 0.3 is 5.97 Å². The van der Waals surface area contributed by atoms with E-state index >= 15 is 0 Å². The van der Waals surface area contributed by atoms with Crippen LogP contribution in [0.2, 0.25) is 0 Å². The fourth-order valence-corrected chi connectivity index (χ4v) is 1.55.